The smallest absolute Gasteiger partial charge is 0.391 e. The highest BCUT2D eigenvalue weighted by atomic mass is 19.4. The van der Waals surface area contributed by atoms with Crippen LogP contribution in [0.4, 0.5) is 18.9 Å². The summed E-state index contributed by atoms with van der Waals surface area (Å²) in [5.41, 5.74) is 7.21. The molecule has 0 spiro atoms. The van der Waals surface area contributed by atoms with Gasteiger partial charge in [0.2, 0.25) is 0 Å². The molecule has 0 radical (unpaired) electrons. The van der Waals surface area contributed by atoms with Crippen LogP contribution < -0.4 is 5.73 Å². The maximum atomic E-state index is 11.8. The molecule has 1 rings (SSSR count). The van der Waals surface area contributed by atoms with Crippen molar-refractivity contribution < 1.29 is 17.9 Å². The fourth-order valence-electron chi connectivity index (χ4n) is 1.23. The van der Waals surface area contributed by atoms with Crippen molar-refractivity contribution in [2.45, 2.75) is 19.0 Å². The van der Waals surface area contributed by atoms with Gasteiger partial charge in [0, 0.05) is 5.69 Å². The molecule has 5 heteroatoms. The van der Waals surface area contributed by atoms with Gasteiger partial charge >= 0.3 is 6.18 Å². The molecule has 2 N–H and O–H groups in total. The van der Waals surface area contributed by atoms with Crippen molar-refractivity contribution in [1.29, 1.82) is 0 Å². The number of ether oxygens (including phenoxy) is 1. The molecular formula is C11H14F3NO. The lowest BCUT2D eigenvalue weighted by Crippen LogP contribution is -2.12. The number of benzene rings is 1. The summed E-state index contributed by atoms with van der Waals surface area (Å²) in [6.07, 6.45) is -4.52. The molecule has 0 aromatic heterocycles. The fraction of sp³-hybridized carbons (Fsp3) is 0.455. The van der Waals surface area contributed by atoms with Gasteiger partial charge in [0.05, 0.1) is 19.6 Å². The predicted molar refractivity (Wildman–Crippen MR) is 56.0 cm³/mol. The van der Waals surface area contributed by atoms with Crippen LogP contribution in [0.3, 0.4) is 0 Å². The van der Waals surface area contributed by atoms with Crippen molar-refractivity contribution in [2.24, 2.45) is 0 Å². The normalized spacial score (nSPS) is 11.7. The van der Waals surface area contributed by atoms with E-state index in [9.17, 15) is 13.2 Å². The van der Waals surface area contributed by atoms with Crippen LogP contribution in [-0.2, 0) is 11.2 Å². The van der Waals surface area contributed by atoms with Gasteiger partial charge in [-0.15, -0.1) is 0 Å². The molecule has 0 aliphatic rings. The third-order valence-electron chi connectivity index (χ3n) is 2.10. The number of rotatable bonds is 5. The van der Waals surface area contributed by atoms with Gasteiger partial charge in [-0.3, -0.25) is 0 Å². The van der Waals surface area contributed by atoms with Crippen molar-refractivity contribution in [2.75, 3.05) is 18.9 Å². The van der Waals surface area contributed by atoms with E-state index in [-0.39, 0.29) is 13.2 Å². The number of hydrogen-bond acceptors (Lipinski definition) is 2. The molecule has 0 amide bonds. The molecule has 0 atom stereocenters. The number of alkyl halides is 3. The average molecular weight is 233 g/mol. The molecule has 0 unspecified atom stereocenters. The molecule has 1 aromatic rings. The lowest BCUT2D eigenvalue weighted by molar-refractivity contribution is -0.145. The second-order valence-electron chi connectivity index (χ2n) is 3.43. The minimum atomic E-state index is -4.15. The van der Waals surface area contributed by atoms with E-state index in [1.807, 2.05) is 18.2 Å². The summed E-state index contributed by atoms with van der Waals surface area (Å²) in [4.78, 5) is 0. The zero-order valence-corrected chi connectivity index (χ0v) is 8.76. The number of para-hydroxylation sites is 1. The first-order valence-electron chi connectivity index (χ1n) is 4.97. The molecule has 0 heterocycles. The Hall–Kier alpha value is -1.23. The van der Waals surface area contributed by atoms with Gasteiger partial charge in [-0.05, 0) is 18.1 Å². The third kappa shape index (κ3) is 5.02. The minimum Gasteiger partial charge on any atom is -0.399 e. The summed E-state index contributed by atoms with van der Waals surface area (Å²) in [6, 6.07) is 7.23. The van der Waals surface area contributed by atoms with E-state index >= 15 is 0 Å². The second-order valence-corrected chi connectivity index (χ2v) is 3.43. The summed E-state index contributed by atoms with van der Waals surface area (Å²) in [6.45, 7) is -0.0411. The Kier molecular flexibility index (Phi) is 4.61. The molecular weight excluding hydrogens is 219 g/mol. The van der Waals surface area contributed by atoms with Gasteiger partial charge in [0.15, 0.2) is 0 Å². The summed E-state index contributed by atoms with van der Waals surface area (Å²) >= 11 is 0. The molecule has 0 aliphatic carbocycles. The van der Waals surface area contributed by atoms with Crippen LogP contribution in [-0.4, -0.2) is 19.4 Å². The zero-order valence-electron chi connectivity index (χ0n) is 8.76. The Bertz CT molecular complexity index is 325. The van der Waals surface area contributed by atoms with Crippen LogP contribution in [0.15, 0.2) is 24.3 Å². The highest BCUT2D eigenvalue weighted by Crippen LogP contribution is 2.19. The Morgan fingerprint density at radius 3 is 2.44 bits per heavy atom. The maximum Gasteiger partial charge on any atom is 0.391 e. The Morgan fingerprint density at radius 2 is 1.81 bits per heavy atom. The molecule has 0 aliphatic heterocycles. The SMILES string of the molecule is Nc1ccccc1CCOCCC(F)(F)F. The van der Waals surface area contributed by atoms with Crippen molar-refractivity contribution >= 4 is 5.69 Å². The van der Waals surface area contributed by atoms with Crippen molar-refractivity contribution in [1.82, 2.24) is 0 Å². The van der Waals surface area contributed by atoms with Crippen LogP contribution in [0.25, 0.3) is 0 Å². The van der Waals surface area contributed by atoms with Crippen LogP contribution >= 0.6 is 0 Å². The Morgan fingerprint density at radius 1 is 1.12 bits per heavy atom. The average Bonchev–Trinajstić information content (AvgIpc) is 2.18. The van der Waals surface area contributed by atoms with Crippen molar-refractivity contribution in [3.8, 4) is 0 Å². The van der Waals surface area contributed by atoms with Gasteiger partial charge in [-0.1, -0.05) is 18.2 Å². The van der Waals surface area contributed by atoms with Gasteiger partial charge in [-0.25, -0.2) is 0 Å². The van der Waals surface area contributed by atoms with Crippen LogP contribution in [0, 0.1) is 0 Å². The monoisotopic (exact) mass is 233 g/mol. The minimum absolute atomic E-state index is 0.254. The Labute approximate surface area is 92.2 Å². The number of nitrogens with two attached hydrogens (primary N) is 1. The first kappa shape index (κ1) is 12.8. The number of halogens is 3. The molecule has 0 bridgehead atoms. The number of nitrogen functional groups attached to an aromatic ring is 1. The van der Waals surface area contributed by atoms with Crippen LogP contribution in [0.1, 0.15) is 12.0 Å². The van der Waals surface area contributed by atoms with Crippen molar-refractivity contribution in [3.63, 3.8) is 0 Å². The quantitative estimate of drug-likeness (QED) is 0.627. The molecule has 2 nitrogen and oxygen atoms in total. The van der Waals surface area contributed by atoms with Gasteiger partial charge < -0.3 is 10.5 Å². The van der Waals surface area contributed by atoms with Gasteiger partial charge in [0.1, 0.15) is 0 Å². The molecule has 0 saturated heterocycles. The van der Waals surface area contributed by atoms with E-state index in [2.05, 4.69) is 0 Å². The van der Waals surface area contributed by atoms with E-state index in [0.29, 0.717) is 12.1 Å². The van der Waals surface area contributed by atoms with E-state index in [1.54, 1.807) is 6.07 Å². The lowest BCUT2D eigenvalue weighted by atomic mass is 10.1. The molecule has 1 aromatic carbocycles. The standard InChI is InChI=1S/C11H14F3NO/c12-11(13,14)6-8-16-7-5-9-3-1-2-4-10(9)15/h1-4H,5-8,15H2. The fourth-order valence-corrected chi connectivity index (χ4v) is 1.23. The van der Waals surface area contributed by atoms with Crippen molar-refractivity contribution in [3.05, 3.63) is 29.8 Å². The topological polar surface area (TPSA) is 35.2 Å². The van der Waals surface area contributed by atoms with Crippen LogP contribution in [0.5, 0.6) is 0 Å². The Balaban J connectivity index is 2.19. The third-order valence-corrected chi connectivity index (χ3v) is 2.10. The number of hydrogen-bond donors (Lipinski definition) is 1. The molecule has 0 fully saturated rings. The maximum absolute atomic E-state index is 11.8. The second kappa shape index (κ2) is 5.75. The summed E-state index contributed by atoms with van der Waals surface area (Å²) in [5, 5.41) is 0. The van der Waals surface area contributed by atoms with E-state index in [0.717, 1.165) is 5.56 Å². The van der Waals surface area contributed by atoms with E-state index < -0.39 is 12.6 Å². The molecule has 16 heavy (non-hydrogen) atoms. The summed E-state index contributed by atoms with van der Waals surface area (Å²) < 4.78 is 40.2. The highest BCUT2D eigenvalue weighted by molar-refractivity contribution is 5.46. The summed E-state index contributed by atoms with van der Waals surface area (Å²) in [5.74, 6) is 0. The first-order chi connectivity index (χ1) is 7.49. The van der Waals surface area contributed by atoms with E-state index in [1.165, 1.54) is 0 Å². The predicted octanol–water partition coefficient (Wildman–Crippen LogP) is 2.78. The van der Waals surface area contributed by atoms with Gasteiger partial charge in [0.25, 0.3) is 0 Å². The lowest BCUT2D eigenvalue weighted by Gasteiger charge is -2.08. The van der Waals surface area contributed by atoms with Crippen LogP contribution in [0.2, 0.25) is 0 Å². The molecule has 0 saturated carbocycles. The molecule has 90 valence electrons. The largest absolute Gasteiger partial charge is 0.399 e. The summed E-state index contributed by atoms with van der Waals surface area (Å²) in [7, 11) is 0. The van der Waals surface area contributed by atoms with E-state index in [4.69, 9.17) is 10.5 Å². The first-order valence-corrected chi connectivity index (χ1v) is 4.97. The zero-order chi connectivity index (χ0) is 12.0. The highest BCUT2D eigenvalue weighted by Gasteiger charge is 2.26. The number of anilines is 1. The van der Waals surface area contributed by atoms with Gasteiger partial charge in [-0.2, -0.15) is 13.2 Å².